The maximum absolute atomic E-state index is 12.7. The fraction of sp³-hybridized carbons (Fsp3) is 0.579. The summed E-state index contributed by atoms with van der Waals surface area (Å²) < 4.78 is 5.30. The van der Waals surface area contributed by atoms with Crippen molar-refractivity contribution >= 4 is 29.9 Å². The third-order valence-electron chi connectivity index (χ3n) is 4.49. The molecule has 3 N–H and O–H groups in total. The predicted octanol–water partition coefficient (Wildman–Crippen LogP) is 2.74. The number of benzene rings is 1. The molecule has 0 aromatic heterocycles. The number of carbonyl (C=O) groups is 2. The van der Waals surface area contributed by atoms with Gasteiger partial charge in [0.1, 0.15) is 0 Å². The van der Waals surface area contributed by atoms with Crippen molar-refractivity contribution in [3.63, 3.8) is 0 Å². The molecule has 0 atom stereocenters. The average molecular weight is 384 g/mol. The number of amides is 2. The van der Waals surface area contributed by atoms with Gasteiger partial charge in [-0.1, -0.05) is 18.9 Å². The van der Waals surface area contributed by atoms with Crippen molar-refractivity contribution in [2.45, 2.75) is 39.0 Å². The van der Waals surface area contributed by atoms with E-state index in [2.05, 4.69) is 5.32 Å². The topological polar surface area (TPSA) is 84.7 Å². The minimum atomic E-state index is -0.00757. The Morgan fingerprint density at radius 2 is 1.85 bits per heavy atom. The van der Waals surface area contributed by atoms with Gasteiger partial charge in [0, 0.05) is 30.8 Å². The Hall–Kier alpha value is -1.63. The average Bonchev–Trinajstić information content (AvgIpc) is 2.63. The molecule has 7 heteroatoms. The number of nitrogens with one attached hydrogen (secondary N) is 1. The third kappa shape index (κ3) is 6.59. The molecular weight excluding hydrogens is 354 g/mol. The van der Waals surface area contributed by atoms with Crippen molar-refractivity contribution in [2.24, 2.45) is 5.73 Å². The molecule has 1 aliphatic heterocycles. The molecule has 0 unspecified atom stereocenters. The van der Waals surface area contributed by atoms with Crippen molar-refractivity contribution in [1.29, 1.82) is 0 Å². The van der Waals surface area contributed by atoms with Crippen molar-refractivity contribution in [2.75, 3.05) is 38.2 Å². The molecular formula is C19H30ClN3O3. The van der Waals surface area contributed by atoms with Crippen LogP contribution in [0.15, 0.2) is 18.2 Å². The summed E-state index contributed by atoms with van der Waals surface area (Å²) in [6.45, 7) is 4.95. The molecule has 2 rings (SSSR count). The normalized spacial score (nSPS) is 13.8. The summed E-state index contributed by atoms with van der Waals surface area (Å²) in [5.41, 5.74) is 7.64. The van der Waals surface area contributed by atoms with Crippen LogP contribution in [-0.4, -0.2) is 49.6 Å². The van der Waals surface area contributed by atoms with E-state index >= 15 is 0 Å². The van der Waals surface area contributed by atoms with Gasteiger partial charge < -0.3 is 20.7 Å². The number of anilines is 1. The van der Waals surface area contributed by atoms with Crippen LogP contribution in [0.1, 0.15) is 48.0 Å². The molecule has 6 nitrogen and oxygen atoms in total. The summed E-state index contributed by atoms with van der Waals surface area (Å²) >= 11 is 0. The summed E-state index contributed by atoms with van der Waals surface area (Å²) in [7, 11) is 0. The molecule has 1 heterocycles. The van der Waals surface area contributed by atoms with E-state index < -0.39 is 0 Å². The van der Waals surface area contributed by atoms with Gasteiger partial charge in [-0.3, -0.25) is 9.59 Å². The number of ether oxygens (including phenoxy) is 1. The van der Waals surface area contributed by atoms with E-state index in [4.69, 9.17) is 10.5 Å². The molecule has 0 saturated carbocycles. The van der Waals surface area contributed by atoms with Gasteiger partial charge >= 0.3 is 0 Å². The van der Waals surface area contributed by atoms with Gasteiger partial charge in [0.05, 0.1) is 13.2 Å². The second kappa shape index (κ2) is 11.9. The van der Waals surface area contributed by atoms with Gasteiger partial charge in [0.2, 0.25) is 5.91 Å². The van der Waals surface area contributed by atoms with Crippen molar-refractivity contribution in [3.8, 4) is 0 Å². The Morgan fingerprint density at radius 1 is 1.15 bits per heavy atom. The van der Waals surface area contributed by atoms with E-state index in [1.807, 2.05) is 25.1 Å². The molecule has 0 aliphatic carbocycles. The first-order valence-corrected chi connectivity index (χ1v) is 9.10. The first-order valence-electron chi connectivity index (χ1n) is 9.10. The lowest BCUT2D eigenvalue weighted by molar-refractivity contribution is -0.116. The molecule has 1 saturated heterocycles. The zero-order chi connectivity index (χ0) is 18.1. The zero-order valence-corrected chi connectivity index (χ0v) is 16.3. The Balaban J connectivity index is 0.00000338. The van der Waals surface area contributed by atoms with Crippen molar-refractivity contribution in [1.82, 2.24) is 4.90 Å². The second-order valence-corrected chi connectivity index (χ2v) is 6.38. The molecule has 1 aliphatic rings. The fourth-order valence-corrected chi connectivity index (χ4v) is 2.94. The van der Waals surface area contributed by atoms with Gasteiger partial charge in [-0.2, -0.15) is 0 Å². The van der Waals surface area contributed by atoms with E-state index in [0.717, 1.165) is 31.2 Å². The van der Waals surface area contributed by atoms with Crippen molar-refractivity contribution < 1.29 is 14.3 Å². The van der Waals surface area contributed by atoms with Gasteiger partial charge in [-0.05, 0) is 44.0 Å². The summed E-state index contributed by atoms with van der Waals surface area (Å²) in [5.74, 6) is -0.00879. The van der Waals surface area contributed by atoms with E-state index in [1.165, 1.54) is 0 Å². The Kier molecular flexibility index (Phi) is 10.2. The number of halogens is 1. The standard InChI is InChI=1S/C19H29N3O3.ClH/c1-15-16(19(24)22-11-13-25-14-12-22)7-6-8-17(15)21-18(23)9-4-2-3-5-10-20;/h6-8H,2-5,9-14,20H2,1H3,(H,21,23);1H. The molecule has 1 fully saturated rings. The summed E-state index contributed by atoms with van der Waals surface area (Å²) in [6, 6.07) is 5.48. The van der Waals surface area contributed by atoms with E-state index in [0.29, 0.717) is 50.5 Å². The minimum absolute atomic E-state index is 0. The highest BCUT2D eigenvalue weighted by Gasteiger charge is 2.21. The number of nitrogens with two attached hydrogens (primary N) is 1. The summed E-state index contributed by atoms with van der Waals surface area (Å²) in [6.07, 6.45) is 4.43. The minimum Gasteiger partial charge on any atom is -0.378 e. The smallest absolute Gasteiger partial charge is 0.254 e. The highest BCUT2D eigenvalue weighted by atomic mass is 35.5. The third-order valence-corrected chi connectivity index (χ3v) is 4.49. The summed E-state index contributed by atoms with van der Waals surface area (Å²) in [4.78, 5) is 26.6. The van der Waals surface area contributed by atoms with E-state index in [1.54, 1.807) is 4.90 Å². The highest BCUT2D eigenvalue weighted by molar-refractivity contribution is 5.99. The maximum Gasteiger partial charge on any atom is 0.254 e. The van der Waals surface area contributed by atoms with Gasteiger partial charge in [-0.25, -0.2) is 0 Å². The van der Waals surface area contributed by atoms with Crippen LogP contribution in [0.4, 0.5) is 5.69 Å². The SMILES string of the molecule is Cc1c(NC(=O)CCCCCCN)cccc1C(=O)N1CCOCC1.Cl. The largest absolute Gasteiger partial charge is 0.378 e. The van der Waals surface area contributed by atoms with Crippen LogP contribution in [0, 0.1) is 6.92 Å². The number of unbranched alkanes of at least 4 members (excludes halogenated alkanes) is 3. The Labute approximate surface area is 161 Å². The molecule has 1 aromatic carbocycles. The Bertz CT molecular complexity index is 589. The zero-order valence-electron chi connectivity index (χ0n) is 15.5. The number of hydrogen-bond acceptors (Lipinski definition) is 4. The van der Waals surface area contributed by atoms with Crippen LogP contribution in [0.25, 0.3) is 0 Å². The molecule has 0 radical (unpaired) electrons. The fourth-order valence-electron chi connectivity index (χ4n) is 2.94. The van der Waals surface area contributed by atoms with Gasteiger partial charge in [-0.15, -0.1) is 12.4 Å². The first kappa shape index (κ1) is 22.4. The molecule has 26 heavy (non-hydrogen) atoms. The monoisotopic (exact) mass is 383 g/mol. The number of morpholine rings is 1. The summed E-state index contributed by atoms with van der Waals surface area (Å²) in [5, 5.41) is 2.94. The van der Waals surface area contributed by atoms with Crippen LogP contribution in [-0.2, 0) is 9.53 Å². The number of nitrogens with zero attached hydrogens (tertiary/aromatic N) is 1. The second-order valence-electron chi connectivity index (χ2n) is 6.38. The molecule has 1 aromatic rings. The quantitative estimate of drug-likeness (QED) is 0.676. The van der Waals surface area contributed by atoms with Crippen LogP contribution >= 0.6 is 12.4 Å². The van der Waals surface area contributed by atoms with Crippen LogP contribution in [0.2, 0.25) is 0 Å². The first-order chi connectivity index (χ1) is 12.1. The van der Waals surface area contributed by atoms with Crippen molar-refractivity contribution in [3.05, 3.63) is 29.3 Å². The molecule has 146 valence electrons. The number of carbonyl (C=O) groups excluding carboxylic acids is 2. The molecule has 2 amide bonds. The predicted molar refractivity (Wildman–Crippen MR) is 106 cm³/mol. The lowest BCUT2D eigenvalue weighted by Gasteiger charge is -2.27. The maximum atomic E-state index is 12.7. The number of hydrogen-bond donors (Lipinski definition) is 2. The molecule has 0 bridgehead atoms. The van der Waals surface area contributed by atoms with Crippen LogP contribution in [0.3, 0.4) is 0 Å². The van der Waals surface area contributed by atoms with Gasteiger partial charge in [0.25, 0.3) is 5.91 Å². The van der Waals surface area contributed by atoms with Crippen LogP contribution < -0.4 is 11.1 Å². The Morgan fingerprint density at radius 3 is 2.54 bits per heavy atom. The lowest BCUT2D eigenvalue weighted by atomic mass is 10.0. The van der Waals surface area contributed by atoms with Gasteiger partial charge in [0.15, 0.2) is 0 Å². The van der Waals surface area contributed by atoms with E-state index in [-0.39, 0.29) is 24.2 Å². The lowest BCUT2D eigenvalue weighted by Crippen LogP contribution is -2.41. The highest BCUT2D eigenvalue weighted by Crippen LogP contribution is 2.21. The number of rotatable bonds is 8. The van der Waals surface area contributed by atoms with E-state index in [9.17, 15) is 9.59 Å². The molecule has 0 spiro atoms. The van der Waals surface area contributed by atoms with Crippen LogP contribution in [0.5, 0.6) is 0 Å².